The van der Waals surface area contributed by atoms with Gasteiger partial charge in [-0.15, -0.1) is 0 Å². The zero-order chi connectivity index (χ0) is 15.1. The number of aliphatic carboxylic acids is 1. The van der Waals surface area contributed by atoms with Crippen molar-refractivity contribution in [1.29, 1.82) is 0 Å². The van der Waals surface area contributed by atoms with Crippen molar-refractivity contribution in [1.82, 2.24) is 10.6 Å². The first kappa shape index (κ1) is 15.9. The third-order valence-electron chi connectivity index (χ3n) is 3.35. The van der Waals surface area contributed by atoms with Gasteiger partial charge in [0.25, 0.3) is 0 Å². The Morgan fingerprint density at radius 2 is 2.14 bits per heavy atom. The van der Waals surface area contributed by atoms with Crippen molar-refractivity contribution >= 4 is 23.6 Å². The summed E-state index contributed by atoms with van der Waals surface area (Å²) in [5, 5.41) is 15.2. The molecule has 2 rings (SSSR count). The summed E-state index contributed by atoms with van der Waals surface area (Å²) in [6.45, 7) is 0.917. The molecule has 0 aromatic heterocycles. The Kier molecular flexibility index (Phi) is 6.07. The number of carbonyl (C=O) groups excluding carboxylic acids is 1. The zero-order valence-corrected chi connectivity index (χ0v) is 12.6. The van der Waals surface area contributed by atoms with E-state index in [1.54, 1.807) is 0 Å². The van der Waals surface area contributed by atoms with E-state index < -0.39 is 12.0 Å². The Bertz CT molecular complexity index is 475. The molecule has 1 aromatic rings. The van der Waals surface area contributed by atoms with E-state index in [2.05, 4.69) is 10.6 Å². The fourth-order valence-electron chi connectivity index (χ4n) is 2.34. The molecule has 3 N–H and O–H groups in total. The lowest BCUT2D eigenvalue weighted by atomic mass is 10.0. The van der Waals surface area contributed by atoms with Gasteiger partial charge in [0.2, 0.25) is 5.91 Å². The van der Waals surface area contributed by atoms with Crippen LogP contribution in [0.3, 0.4) is 0 Å². The van der Waals surface area contributed by atoms with Gasteiger partial charge in [-0.25, -0.2) is 0 Å². The van der Waals surface area contributed by atoms with Crippen LogP contribution in [0.25, 0.3) is 0 Å². The lowest BCUT2D eigenvalue weighted by Gasteiger charge is -2.24. The number of nitrogens with one attached hydrogen (secondary N) is 2. The highest BCUT2D eigenvalue weighted by molar-refractivity contribution is 7.99. The minimum absolute atomic E-state index is 0.106. The fourth-order valence-corrected chi connectivity index (χ4v) is 3.29. The molecule has 1 heterocycles. The molecule has 21 heavy (non-hydrogen) atoms. The van der Waals surface area contributed by atoms with Crippen LogP contribution >= 0.6 is 11.8 Å². The number of benzene rings is 1. The van der Waals surface area contributed by atoms with Crippen molar-refractivity contribution in [3.05, 3.63) is 35.9 Å². The lowest BCUT2D eigenvalue weighted by Crippen LogP contribution is -2.42. The maximum absolute atomic E-state index is 12.1. The SMILES string of the molecule is O=C(O)CC(NC(=O)CC1CSCCN1)c1ccccc1. The van der Waals surface area contributed by atoms with Crippen LogP contribution in [0.1, 0.15) is 24.4 Å². The highest BCUT2D eigenvalue weighted by Crippen LogP contribution is 2.17. The Morgan fingerprint density at radius 3 is 2.76 bits per heavy atom. The summed E-state index contributed by atoms with van der Waals surface area (Å²) >= 11 is 1.83. The second kappa shape index (κ2) is 8.05. The van der Waals surface area contributed by atoms with Crippen LogP contribution < -0.4 is 10.6 Å². The minimum Gasteiger partial charge on any atom is -0.481 e. The molecular weight excluding hydrogens is 288 g/mol. The highest BCUT2D eigenvalue weighted by Gasteiger charge is 2.21. The molecule has 2 atom stereocenters. The molecule has 0 radical (unpaired) electrons. The van der Waals surface area contributed by atoms with Crippen LogP contribution in [0, 0.1) is 0 Å². The predicted molar refractivity (Wildman–Crippen MR) is 83.3 cm³/mol. The number of hydrogen-bond acceptors (Lipinski definition) is 4. The number of carbonyl (C=O) groups is 2. The summed E-state index contributed by atoms with van der Waals surface area (Å²) in [5.74, 6) is 0.965. The van der Waals surface area contributed by atoms with Gasteiger partial charge in [0.05, 0.1) is 12.5 Å². The Morgan fingerprint density at radius 1 is 1.38 bits per heavy atom. The third kappa shape index (κ3) is 5.40. The molecule has 0 spiro atoms. The predicted octanol–water partition coefficient (Wildman–Crippen LogP) is 1.41. The van der Waals surface area contributed by atoms with Gasteiger partial charge in [-0.1, -0.05) is 30.3 Å². The fraction of sp³-hybridized carbons (Fsp3) is 0.467. The first-order valence-electron chi connectivity index (χ1n) is 7.02. The van der Waals surface area contributed by atoms with Gasteiger partial charge in [0.15, 0.2) is 0 Å². The molecule has 1 amide bonds. The average Bonchev–Trinajstić information content (AvgIpc) is 2.48. The van der Waals surface area contributed by atoms with E-state index in [4.69, 9.17) is 5.11 Å². The van der Waals surface area contributed by atoms with E-state index in [1.165, 1.54) is 0 Å². The normalized spacial score (nSPS) is 19.7. The van der Waals surface area contributed by atoms with Crippen molar-refractivity contribution in [2.45, 2.75) is 24.9 Å². The molecule has 0 bridgehead atoms. The summed E-state index contributed by atoms with van der Waals surface area (Å²) in [7, 11) is 0. The summed E-state index contributed by atoms with van der Waals surface area (Å²) in [6, 6.07) is 8.92. The number of carboxylic acids is 1. The molecule has 1 aliphatic heterocycles. The highest BCUT2D eigenvalue weighted by atomic mass is 32.2. The van der Waals surface area contributed by atoms with Gasteiger partial charge in [0, 0.05) is 30.5 Å². The Hall–Kier alpha value is -1.53. The zero-order valence-electron chi connectivity index (χ0n) is 11.7. The van der Waals surface area contributed by atoms with Crippen LogP contribution in [0.15, 0.2) is 30.3 Å². The van der Waals surface area contributed by atoms with Crippen LogP contribution in [-0.2, 0) is 9.59 Å². The van der Waals surface area contributed by atoms with Crippen molar-refractivity contribution in [3.8, 4) is 0 Å². The molecule has 0 aliphatic carbocycles. The quantitative estimate of drug-likeness (QED) is 0.741. The van der Waals surface area contributed by atoms with Crippen molar-refractivity contribution in [2.24, 2.45) is 0 Å². The van der Waals surface area contributed by atoms with E-state index in [9.17, 15) is 9.59 Å². The van der Waals surface area contributed by atoms with E-state index in [-0.39, 0.29) is 18.4 Å². The van der Waals surface area contributed by atoms with E-state index in [0.29, 0.717) is 6.42 Å². The summed E-state index contributed by atoms with van der Waals surface area (Å²) in [4.78, 5) is 23.1. The van der Waals surface area contributed by atoms with Crippen LogP contribution in [-0.4, -0.2) is 41.1 Å². The summed E-state index contributed by atoms with van der Waals surface area (Å²) < 4.78 is 0. The Balaban J connectivity index is 1.94. The standard InChI is InChI=1S/C15H20N2O3S/c18-14(8-12-10-21-7-6-16-12)17-13(9-15(19)20)11-4-2-1-3-5-11/h1-5,12-13,16H,6-10H2,(H,17,18)(H,19,20). The average molecular weight is 308 g/mol. The largest absolute Gasteiger partial charge is 0.481 e. The summed E-state index contributed by atoms with van der Waals surface area (Å²) in [6.07, 6.45) is 0.276. The van der Waals surface area contributed by atoms with E-state index in [0.717, 1.165) is 23.6 Å². The van der Waals surface area contributed by atoms with Gasteiger partial charge in [-0.05, 0) is 5.56 Å². The number of hydrogen-bond donors (Lipinski definition) is 3. The van der Waals surface area contributed by atoms with Crippen LogP contribution in [0.5, 0.6) is 0 Å². The number of rotatable bonds is 6. The third-order valence-corrected chi connectivity index (χ3v) is 4.48. The first-order chi connectivity index (χ1) is 10.1. The van der Waals surface area contributed by atoms with Gasteiger partial charge >= 0.3 is 5.97 Å². The summed E-state index contributed by atoms with van der Waals surface area (Å²) in [5.41, 5.74) is 0.819. The lowest BCUT2D eigenvalue weighted by molar-refractivity contribution is -0.137. The van der Waals surface area contributed by atoms with Gasteiger partial charge < -0.3 is 15.7 Å². The molecule has 2 unspecified atom stereocenters. The topological polar surface area (TPSA) is 78.4 Å². The minimum atomic E-state index is -0.921. The number of carboxylic acid groups (broad SMARTS) is 1. The van der Waals surface area contributed by atoms with Crippen molar-refractivity contribution in [3.63, 3.8) is 0 Å². The van der Waals surface area contributed by atoms with Gasteiger partial charge in [-0.2, -0.15) is 11.8 Å². The molecular formula is C15H20N2O3S. The maximum atomic E-state index is 12.1. The Labute approximate surface area is 128 Å². The molecule has 1 aromatic carbocycles. The van der Waals surface area contributed by atoms with E-state index in [1.807, 2.05) is 42.1 Å². The second-order valence-electron chi connectivity index (χ2n) is 5.06. The first-order valence-corrected chi connectivity index (χ1v) is 8.18. The van der Waals surface area contributed by atoms with Gasteiger partial charge in [-0.3, -0.25) is 9.59 Å². The molecule has 1 fully saturated rings. The molecule has 6 heteroatoms. The van der Waals surface area contributed by atoms with E-state index >= 15 is 0 Å². The monoisotopic (exact) mass is 308 g/mol. The molecule has 1 aliphatic rings. The van der Waals surface area contributed by atoms with Crippen molar-refractivity contribution < 1.29 is 14.7 Å². The maximum Gasteiger partial charge on any atom is 0.305 e. The molecule has 1 saturated heterocycles. The second-order valence-corrected chi connectivity index (χ2v) is 6.21. The van der Waals surface area contributed by atoms with Crippen LogP contribution in [0.4, 0.5) is 0 Å². The number of amides is 1. The van der Waals surface area contributed by atoms with Crippen molar-refractivity contribution in [2.75, 3.05) is 18.1 Å². The molecule has 0 saturated carbocycles. The van der Waals surface area contributed by atoms with Gasteiger partial charge in [0.1, 0.15) is 0 Å². The van der Waals surface area contributed by atoms with Crippen LogP contribution in [0.2, 0.25) is 0 Å². The molecule has 114 valence electrons. The molecule has 5 nitrogen and oxygen atoms in total. The number of thioether (sulfide) groups is 1. The smallest absolute Gasteiger partial charge is 0.305 e.